The monoisotopic (exact) mass is 311 g/mol. The molecule has 1 aromatic carbocycles. The fourth-order valence-electron chi connectivity index (χ4n) is 1.32. The van der Waals surface area contributed by atoms with Gasteiger partial charge >= 0.3 is 0 Å². The third kappa shape index (κ3) is 3.16. The lowest BCUT2D eigenvalue weighted by molar-refractivity contribution is 0.458. The zero-order chi connectivity index (χ0) is 13.0. The number of hydrogen-bond donors (Lipinski definition) is 1. The summed E-state index contributed by atoms with van der Waals surface area (Å²) in [6.07, 6.45) is 3.11. The number of benzene rings is 1. The Kier molecular flexibility index (Phi) is 4.09. The van der Waals surface area contributed by atoms with Crippen molar-refractivity contribution in [3.05, 3.63) is 40.9 Å². The van der Waals surface area contributed by atoms with Crippen molar-refractivity contribution in [2.24, 2.45) is 0 Å². The Morgan fingerprint density at radius 3 is 2.94 bits per heavy atom. The van der Waals surface area contributed by atoms with Crippen LogP contribution in [0.4, 0.5) is 10.2 Å². The molecule has 18 heavy (non-hydrogen) atoms. The first-order valence-corrected chi connectivity index (χ1v) is 6.17. The van der Waals surface area contributed by atoms with Gasteiger partial charge < -0.3 is 10.1 Å². The van der Waals surface area contributed by atoms with Crippen LogP contribution in [0.3, 0.4) is 0 Å². The topological polar surface area (TPSA) is 47.0 Å². The van der Waals surface area contributed by atoms with Crippen molar-refractivity contribution in [3.63, 3.8) is 0 Å². The molecule has 0 radical (unpaired) electrons. The molecule has 94 valence electrons. The van der Waals surface area contributed by atoms with Crippen LogP contribution in [0.15, 0.2) is 35.1 Å². The number of rotatable bonds is 4. The van der Waals surface area contributed by atoms with Crippen molar-refractivity contribution in [1.82, 2.24) is 9.97 Å². The highest BCUT2D eigenvalue weighted by Gasteiger charge is 2.04. The zero-order valence-electron chi connectivity index (χ0n) is 9.65. The molecule has 0 atom stereocenters. The van der Waals surface area contributed by atoms with Crippen molar-refractivity contribution in [2.45, 2.75) is 6.92 Å². The molecule has 0 aliphatic carbocycles. The molecule has 0 unspecified atom stereocenters. The summed E-state index contributed by atoms with van der Waals surface area (Å²) in [5.41, 5.74) is 0. The molecule has 6 heteroatoms. The van der Waals surface area contributed by atoms with Crippen molar-refractivity contribution in [2.75, 3.05) is 11.9 Å². The van der Waals surface area contributed by atoms with E-state index in [0.717, 1.165) is 6.54 Å². The number of nitrogens with one attached hydrogen (secondary N) is 1. The highest BCUT2D eigenvalue weighted by molar-refractivity contribution is 9.10. The van der Waals surface area contributed by atoms with Crippen LogP contribution in [0.1, 0.15) is 6.92 Å². The van der Waals surface area contributed by atoms with Gasteiger partial charge in [-0.3, -0.25) is 4.98 Å². The van der Waals surface area contributed by atoms with Gasteiger partial charge in [0.1, 0.15) is 17.4 Å². The van der Waals surface area contributed by atoms with Gasteiger partial charge in [-0.2, -0.15) is 4.98 Å². The maximum atomic E-state index is 13.1. The van der Waals surface area contributed by atoms with Gasteiger partial charge in [0.05, 0.1) is 16.9 Å². The van der Waals surface area contributed by atoms with Crippen LogP contribution in [-0.4, -0.2) is 16.5 Å². The highest BCUT2D eigenvalue weighted by Crippen LogP contribution is 2.25. The first-order chi connectivity index (χ1) is 8.69. The minimum Gasteiger partial charge on any atom is -0.437 e. The Morgan fingerprint density at radius 2 is 2.22 bits per heavy atom. The molecule has 0 fully saturated rings. The highest BCUT2D eigenvalue weighted by atomic mass is 79.9. The van der Waals surface area contributed by atoms with Crippen LogP contribution in [-0.2, 0) is 0 Å². The van der Waals surface area contributed by atoms with Gasteiger partial charge in [0.25, 0.3) is 0 Å². The van der Waals surface area contributed by atoms with Crippen molar-refractivity contribution < 1.29 is 9.13 Å². The van der Waals surface area contributed by atoms with E-state index in [4.69, 9.17) is 4.74 Å². The molecular formula is C12H11BrFN3O. The molecular weight excluding hydrogens is 301 g/mol. The molecule has 0 amide bonds. The van der Waals surface area contributed by atoms with Crippen molar-refractivity contribution in [1.29, 1.82) is 0 Å². The van der Waals surface area contributed by atoms with Gasteiger partial charge in [-0.05, 0) is 41.1 Å². The van der Waals surface area contributed by atoms with Crippen LogP contribution in [0.25, 0.3) is 0 Å². The summed E-state index contributed by atoms with van der Waals surface area (Å²) in [5, 5.41) is 3.03. The number of halogens is 2. The fraction of sp³-hybridized carbons (Fsp3) is 0.167. The first kappa shape index (κ1) is 12.8. The van der Waals surface area contributed by atoms with Gasteiger partial charge in [-0.25, -0.2) is 4.39 Å². The molecule has 4 nitrogen and oxygen atoms in total. The Hall–Kier alpha value is -1.69. The Balaban J connectivity index is 2.17. The quantitative estimate of drug-likeness (QED) is 0.937. The summed E-state index contributed by atoms with van der Waals surface area (Å²) >= 11 is 3.10. The third-order valence-corrected chi connectivity index (χ3v) is 2.69. The molecule has 0 bridgehead atoms. The van der Waals surface area contributed by atoms with Gasteiger partial charge in [-0.15, -0.1) is 0 Å². The summed E-state index contributed by atoms with van der Waals surface area (Å²) in [6, 6.07) is 4.39. The summed E-state index contributed by atoms with van der Waals surface area (Å²) < 4.78 is 18.9. The summed E-state index contributed by atoms with van der Waals surface area (Å²) in [4.78, 5) is 8.21. The summed E-state index contributed by atoms with van der Waals surface area (Å²) in [7, 11) is 0. The Morgan fingerprint density at radius 1 is 1.39 bits per heavy atom. The average Bonchev–Trinajstić information content (AvgIpc) is 2.35. The second kappa shape index (κ2) is 5.77. The van der Waals surface area contributed by atoms with Crippen LogP contribution >= 0.6 is 15.9 Å². The van der Waals surface area contributed by atoms with E-state index in [9.17, 15) is 4.39 Å². The van der Waals surface area contributed by atoms with E-state index < -0.39 is 0 Å². The molecule has 0 aliphatic heterocycles. The molecule has 2 rings (SSSR count). The van der Waals surface area contributed by atoms with Crippen LogP contribution < -0.4 is 10.1 Å². The van der Waals surface area contributed by atoms with Crippen LogP contribution in [0.5, 0.6) is 11.6 Å². The molecule has 0 saturated heterocycles. The lowest BCUT2D eigenvalue weighted by Crippen LogP contribution is -2.00. The largest absolute Gasteiger partial charge is 0.437 e. The van der Waals surface area contributed by atoms with Gasteiger partial charge in [0.2, 0.25) is 5.88 Å². The molecule has 0 saturated carbocycles. The summed E-state index contributed by atoms with van der Waals surface area (Å²) in [6.45, 7) is 2.71. The normalized spacial score (nSPS) is 10.2. The number of ether oxygens (including phenoxy) is 1. The van der Waals surface area contributed by atoms with E-state index in [0.29, 0.717) is 21.9 Å². The number of anilines is 1. The van der Waals surface area contributed by atoms with Crippen molar-refractivity contribution in [3.8, 4) is 11.6 Å². The number of nitrogens with zero attached hydrogens (tertiary/aromatic N) is 2. The zero-order valence-corrected chi connectivity index (χ0v) is 11.2. The van der Waals surface area contributed by atoms with E-state index in [2.05, 4.69) is 31.2 Å². The Bertz CT molecular complexity index is 551. The lowest BCUT2D eigenvalue weighted by atomic mass is 10.3. The van der Waals surface area contributed by atoms with E-state index in [1.165, 1.54) is 24.4 Å². The molecule has 1 N–H and O–H groups in total. The van der Waals surface area contributed by atoms with Gasteiger partial charge in [0.15, 0.2) is 0 Å². The SMILES string of the molecule is CCNc1cncc(Oc2ccc(F)c(Br)c2)n1. The first-order valence-electron chi connectivity index (χ1n) is 5.38. The second-order valence-corrected chi connectivity index (χ2v) is 4.31. The summed E-state index contributed by atoms with van der Waals surface area (Å²) in [5.74, 6) is 1.14. The number of aromatic nitrogens is 2. The minimum absolute atomic E-state index is 0.338. The van der Waals surface area contributed by atoms with Gasteiger partial charge in [0, 0.05) is 6.54 Å². The fourth-order valence-corrected chi connectivity index (χ4v) is 1.68. The molecule has 2 aromatic rings. The molecule has 1 aromatic heterocycles. The lowest BCUT2D eigenvalue weighted by Gasteiger charge is -2.07. The van der Waals surface area contributed by atoms with Gasteiger partial charge in [-0.1, -0.05) is 0 Å². The minimum atomic E-state index is -0.338. The maximum absolute atomic E-state index is 13.1. The number of hydrogen-bond acceptors (Lipinski definition) is 4. The van der Waals surface area contributed by atoms with E-state index >= 15 is 0 Å². The van der Waals surface area contributed by atoms with E-state index in [-0.39, 0.29) is 5.82 Å². The predicted octanol–water partition coefficient (Wildman–Crippen LogP) is 3.60. The third-order valence-electron chi connectivity index (χ3n) is 2.08. The van der Waals surface area contributed by atoms with Crippen LogP contribution in [0.2, 0.25) is 0 Å². The second-order valence-electron chi connectivity index (χ2n) is 3.45. The van der Waals surface area contributed by atoms with Crippen LogP contribution in [0, 0.1) is 5.82 Å². The molecule has 0 aliphatic rings. The smallest absolute Gasteiger partial charge is 0.239 e. The molecule has 1 heterocycles. The van der Waals surface area contributed by atoms with Crippen molar-refractivity contribution >= 4 is 21.7 Å². The Labute approximate surface area is 112 Å². The van der Waals surface area contributed by atoms with E-state index in [1.54, 1.807) is 6.20 Å². The maximum Gasteiger partial charge on any atom is 0.239 e. The molecule has 0 spiro atoms. The van der Waals surface area contributed by atoms with E-state index in [1.807, 2.05) is 6.92 Å². The predicted molar refractivity (Wildman–Crippen MR) is 70.4 cm³/mol. The standard InChI is InChI=1S/C12H11BrFN3O/c1-2-16-11-6-15-7-12(17-11)18-8-3-4-10(14)9(13)5-8/h3-7H,2H2,1H3,(H,16,17). The average molecular weight is 312 g/mol.